The molecule has 1 amide bonds. The zero-order chi connectivity index (χ0) is 13.1. The highest BCUT2D eigenvalue weighted by Gasteiger charge is 2.31. The van der Waals surface area contributed by atoms with Crippen LogP contribution in [-0.2, 0) is 11.2 Å². The molecule has 6 heteroatoms. The number of carbonyl (C=O) groups excluding carboxylic acids is 1. The van der Waals surface area contributed by atoms with Crippen LogP contribution in [0.4, 0.5) is 18.9 Å². The van der Waals surface area contributed by atoms with Crippen LogP contribution >= 0.6 is 0 Å². The minimum absolute atomic E-state index is 0.242. The highest BCUT2D eigenvalue weighted by atomic mass is 19.4. The molecule has 0 aliphatic carbocycles. The second-order valence-corrected chi connectivity index (χ2v) is 3.41. The van der Waals surface area contributed by atoms with Gasteiger partial charge in [-0.2, -0.15) is 0 Å². The van der Waals surface area contributed by atoms with E-state index in [0.29, 0.717) is 17.7 Å². The van der Waals surface area contributed by atoms with E-state index in [1.165, 1.54) is 25.1 Å². The van der Waals surface area contributed by atoms with Crippen molar-refractivity contribution in [3.8, 4) is 5.75 Å². The van der Waals surface area contributed by atoms with Gasteiger partial charge in [-0.15, -0.1) is 13.2 Å². The fourth-order valence-corrected chi connectivity index (χ4v) is 1.36. The Kier molecular flexibility index (Phi) is 3.98. The first-order valence-corrected chi connectivity index (χ1v) is 4.98. The van der Waals surface area contributed by atoms with Gasteiger partial charge in [-0.3, -0.25) is 4.79 Å². The summed E-state index contributed by atoms with van der Waals surface area (Å²) >= 11 is 0. The van der Waals surface area contributed by atoms with Crippen molar-refractivity contribution in [3.05, 3.63) is 23.8 Å². The molecule has 0 saturated heterocycles. The fourth-order valence-electron chi connectivity index (χ4n) is 1.36. The Morgan fingerprint density at radius 2 is 2.06 bits per heavy atom. The molecule has 0 radical (unpaired) electrons. The lowest BCUT2D eigenvalue weighted by molar-refractivity contribution is -0.274. The predicted octanol–water partition coefficient (Wildman–Crippen LogP) is 3.11. The summed E-state index contributed by atoms with van der Waals surface area (Å²) in [5.41, 5.74) is 0.831. The van der Waals surface area contributed by atoms with E-state index in [0.717, 1.165) is 0 Å². The van der Waals surface area contributed by atoms with Gasteiger partial charge < -0.3 is 10.1 Å². The Morgan fingerprint density at radius 1 is 1.41 bits per heavy atom. The minimum Gasteiger partial charge on any atom is -0.406 e. The van der Waals surface area contributed by atoms with Crippen LogP contribution in [0.25, 0.3) is 0 Å². The fraction of sp³-hybridized carbons (Fsp3) is 0.364. The van der Waals surface area contributed by atoms with Gasteiger partial charge in [-0.25, -0.2) is 0 Å². The summed E-state index contributed by atoms with van der Waals surface area (Å²) in [4.78, 5) is 10.8. The van der Waals surface area contributed by atoms with E-state index in [4.69, 9.17) is 0 Å². The van der Waals surface area contributed by atoms with E-state index < -0.39 is 6.36 Å². The molecule has 0 unspecified atom stereocenters. The van der Waals surface area contributed by atoms with E-state index in [1.807, 2.05) is 0 Å². The van der Waals surface area contributed by atoms with E-state index in [9.17, 15) is 18.0 Å². The molecule has 17 heavy (non-hydrogen) atoms. The van der Waals surface area contributed by atoms with Gasteiger partial charge in [-0.05, 0) is 30.2 Å². The minimum atomic E-state index is -4.71. The number of carbonyl (C=O) groups is 1. The van der Waals surface area contributed by atoms with Crippen LogP contribution in [0.3, 0.4) is 0 Å². The number of ether oxygens (including phenoxy) is 1. The maximum Gasteiger partial charge on any atom is 0.573 e. The summed E-state index contributed by atoms with van der Waals surface area (Å²) in [5, 5.41) is 2.49. The summed E-state index contributed by atoms with van der Waals surface area (Å²) < 4.78 is 40.1. The van der Waals surface area contributed by atoms with Crippen LogP contribution in [0.5, 0.6) is 5.75 Å². The third kappa shape index (κ3) is 4.34. The first-order chi connectivity index (χ1) is 7.81. The standard InChI is InChI=1S/C11H12F3NO2/c1-3-8-6-9(15-7(2)16)4-5-10(8)17-11(12,13)14/h4-6H,3H2,1-2H3,(H,15,16). The van der Waals surface area contributed by atoms with Crippen molar-refractivity contribution in [2.24, 2.45) is 0 Å². The van der Waals surface area contributed by atoms with Gasteiger partial charge in [0.2, 0.25) is 5.91 Å². The van der Waals surface area contributed by atoms with Gasteiger partial charge in [0.25, 0.3) is 0 Å². The Labute approximate surface area is 96.6 Å². The molecule has 0 spiro atoms. The van der Waals surface area contributed by atoms with Gasteiger partial charge in [-0.1, -0.05) is 6.92 Å². The molecule has 0 bridgehead atoms. The molecular formula is C11H12F3NO2. The normalized spacial score (nSPS) is 11.1. The van der Waals surface area contributed by atoms with Crippen LogP contribution in [0.2, 0.25) is 0 Å². The molecule has 3 nitrogen and oxygen atoms in total. The molecule has 94 valence electrons. The van der Waals surface area contributed by atoms with Crippen molar-refractivity contribution in [3.63, 3.8) is 0 Å². The zero-order valence-electron chi connectivity index (χ0n) is 9.39. The van der Waals surface area contributed by atoms with Crippen LogP contribution in [0.1, 0.15) is 19.4 Å². The van der Waals surface area contributed by atoms with Crippen LogP contribution in [-0.4, -0.2) is 12.3 Å². The number of halogens is 3. The van der Waals surface area contributed by atoms with Gasteiger partial charge >= 0.3 is 6.36 Å². The summed E-state index contributed by atoms with van der Waals surface area (Å²) in [7, 11) is 0. The van der Waals surface area contributed by atoms with E-state index in [-0.39, 0.29) is 11.7 Å². The summed E-state index contributed by atoms with van der Waals surface area (Å²) in [6.07, 6.45) is -4.34. The second-order valence-electron chi connectivity index (χ2n) is 3.41. The topological polar surface area (TPSA) is 38.3 Å². The van der Waals surface area contributed by atoms with Crippen LogP contribution in [0, 0.1) is 0 Å². The quantitative estimate of drug-likeness (QED) is 0.891. The molecule has 0 aromatic heterocycles. The smallest absolute Gasteiger partial charge is 0.406 e. The number of benzene rings is 1. The van der Waals surface area contributed by atoms with Crippen LogP contribution < -0.4 is 10.1 Å². The average Bonchev–Trinajstić information content (AvgIpc) is 2.17. The monoisotopic (exact) mass is 247 g/mol. The molecule has 1 aromatic carbocycles. The van der Waals surface area contributed by atoms with Gasteiger partial charge in [0.1, 0.15) is 5.75 Å². The maximum absolute atomic E-state index is 12.1. The van der Waals surface area contributed by atoms with Gasteiger partial charge in [0.05, 0.1) is 0 Å². The number of nitrogens with one attached hydrogen (secondary N) is 1. The third-order valence-corrected chi connectivity index (χ3v) is 1.99. The maximum atomic E-state index is 12.1. The molecule has 1 rings (SSSR count). The van der Waals surface area contributed by atoms with Crippen molar-refractivity contribution in [1.82, 2.24) is 0 Å². The Balaban J connectivity index is 2.97. The number of hydrogen-bond donors (Lipinski definition) is 1. The summed E-state index contributed by atoms with van der Waals surface area (Å²) in [5.74, 6) is -0.523. The number of hydrogen-bond acceptors (Lipinski definition) is 2. The molecule has 1 aromatic rings. The number of anilines is 1. The zero-order valence-corrected chi connectivity index (χ0v) is 9.39. The lowest BCUT2D eigenvalue weighted by Crippen LogP contribution is -2.18. The van der Waals surface area contributed by atoms with Crippen molar-refractivity contribution in [1.29, 1.82) is 0 Å². The van der Waals surface area contributed by atoms with E-state index >= 15 is 0 Å². The van der Waals surface area contributed by atoms with Gasteiger partial charge in [0, 0.05) is 12.6 Å². The highest BCUT2D eigenvalue weighted by Crippen LogP contribution is 2.28. The summed E-state index contributed by atoms with van der Waals surface area (Å²) in [6.45, 7) is 3.03. The van der Waals surface area contributed by atoms with E-state index in [1.54, 1.807) is 6.92 Å². The van der Waals surface area contributed by atoms with Crippen molar-refractivity contribution in [2.45, 2.75) is 26.6 Å². The number of rotatable bonds is 3. The van der Waals surface area contributed by atoms with Crippen molar-refractivity contribution in [2.75, 3.05) is 5.32 Å². The van der Waals surface area contributed by atoms with Crippen molar-refractivity contribution < 1.29 is 22.7 Å². The Bertz CT molecular complexity index is 416. The Morgan fingerprint density at radius 3 is 2.53 bits per heavy atom. The molecule has 0 aliphatic heterocycles. The first-order valence-electron chi connectivity index (χ1n) is 4.98. The lowest BCUT2D eigenvalue weighted by atomic mass is 10.1. The predicted molar refractivity (Wildman–Crippen MR) is 56.8 cm³/mol. The molecule has 0 saturated carbocycles. The SMILES string of the molecule is CCc1cc(NC(C)=O)ccc1OC(F)(F)F. The Hall–Kier alpha value is -1.72. The lowest BCUT2D eigenvalue weighted by Gasteiger charge is -2.13. The van der Waals surface area contributed by atoms with Gasteiger partial charge in [0.15, 0.2) is 0 Å². The van der Waals surface area contributed by atoms with Crippen molar-refractivity contribution >= 4 is 11.6 Å². The van der Waals surface area contributed by atoms with E-state index in [2.05, 4.69) is 10.1 Å². The van der Waals surface area contributed by atoms with Crippen LogP contribution in [0.15, 0.2) is 18.2 Å². The average molecular weight is 247 g/mol. The first kappa shape index (κ1) is 13.3. The highest BCUT2D eigenvalue weighted by molar-refractivity contribution is 5.88. The molecule has 0 heterocycles. The number of aryl methyl sites for hydroxylation is 1. The number of amides is 1. The molecule has 0 fully saturated rings. The second kappa shape index (κ2) is 5.07. The largest absolute Gasteiger partial charge is 0.573 e. The number of alkyl halides is 3. The summed E-state index contributed by atoms with van der Waals surface area (Å²) in [6, 6.07) is 4.02. The molecular weight excluding hydrogens is 235 g/mol. The molecule has 1 N–H and O–H groups in total. The molecule has 0 atom stereocenters. The molecule has 0 aliphatic rings. The third-order valence-electron chi connectivity index (χ3n) is 1.99.